The predicted molar refractivity (Wildman–Crippen MR) is 90.6 cm³/mol. The number of hydrogen-bond donors (Lipinski definition) is 0. The number of halogens is 4. The van der Waals surface area contributed by atoms with Crippen LogP contribution in [0.1, 0.15) is 21.5 Å². The molecular weight excluding hydrogens is 427 g/mol. The van der Waals surface area contributed by atoms with Gasteiger partial charge in [-0.05, 0) is 35.4 Å². The molecule has 0 aromatic heterocycles. The summed E-state index contributed by atoms with van der Waals surface area (Å²) in [4.78, 5) is 0.0154. The van der Waals surface area contributed by atoms with Gasteiger partial charge in [0.05, 0.1) is 21.5 Å². The Morgan fingerprint density at radius 1 is 1.10 bits per heavy atom. The van der Waals surface area contributed by atoms with Gasteiger partial charge in [0.1, 0.15) is 5.75 Å². The Morgan fingerprint density at radius 2 is 1.90 bits per heavy atom. The zero-order valence-corrected chi connectivity index (χ0v) is 15.0. The molecule has 1 nitrogen and oxygen atoms in total. The highest BCUT2D eigenvalue weighted by Crippen LogP contribution is 2.43. The molecule has 0 N–H and O–H groups in total. The summed E-state index contributed by atoms with van der Waals surface area (Å²) in [5.41, 5.74) is 3.39. The molecule has 0 spiro atoms. The lowest BCUT2D eigenvalue weighted by molar-refractivity contribution is 0.354. The molecule has 0 bridgehead atoms. The Bertz CT molecular complexity index is 673. The third-order valence-electron chi connectivity index (χ3n) is 3.29. The van der Waals surface area contributed by atoms with Gasteiger partial charge in [-0.15, -0.1) is 0 Å². The van der Waals surface area contributed by atoms with Gasteiger partial charge in [0.25, 0.3) is 0 Å². The van der Waals surface area contributed by atoms with Crippen molar-refractivity contribution in [3.05, 3.63) is 61.5 Å². The van der Waals surface area contributed by atoms with E-state index in [0.29, 0.717) is 10.0 Å². The van der Waals surface area contributed by atoms with E-state index in [-0.39, 0.29) is 4.83 Å². The van der Waals surface area contributed by atoms with Crippen molar-refractivity contribution in [2.75, 3.05) is 6.61 Å². The highest BCUT2D eigenvalue weighted by Gasteiger charge is 2.23. The fraction of sp³-hybridized carbons (Fsp3) is 0.200. The molecule has 1 unspecified atom stereocenters. The van der Waals surface area contributed by atoms with Crippen molar-refractivity contribution in [2.45, 2.75) is 11.2 Å². The second-order valence-corrected chi connectivity index (χ2v) is 7.26. The molecule has 0 saturated carbocycles. The van der Waals surface area contributed by atoms with Crippen molar-refractivity contribution in [3.8, 4) is 5.75 Å². The molecule has 0 aliphatic carbocycles. The Morgan fingerprint density at radius 3 is 2.65 bits per heavy atom. The Hall–Kier alpha value is -0.220. The zero-order valence-electron chi connectivity index (χ0n) is 10.3. The van der Waals surface area contributed by atoms with E-state index in [1.807, 2.05) is 18.2 Å². The first-order chi connectivity index (χ1) is 9.56. The lowest BCUT2D eigenvalue weighted by Gasteiger charge is -2.16. The summed E-state index contributed by atoms with van der Waals surface area (Å²) in [5.74, 6) is 0.973. The highest BCUT2D eigenvalue weighted by molar-refractivity contribution is 9.10. The molecule has 1 heterocycles. The van der Waals surface area contributed by atoms with E-state index in [9.17, 15) is 0 Å². The molecule has 20 heavy (non-hydrogen) atoms. The summed E-state index contributed by atoms with van der Waals surface area (Å²) in [6.45, 7) is 0.736. The average Bonchev–Trinajstić information content (AvgIpc) is 2.88. The minimum atomic E-state index is 0.0154. The molecule has 0 saturated heterocycles. The lowest BCUT2D eigenvalue weighted by atomic mass is 10.0. The van der Waals surface area contributed by atoms with Crippen molar-refractivity contribution >= 4 is 55.1 Å². The van der Waals surface area contributed by atoms with Crippen molar-refractivity contribution in [3.63, 3.8) is 0 Å². The minimum absolute atomic E-state index is 0.0154. The lowest BCUT2D eigenvalue weighted by Crippen LogP contribution is -1.97. The van der Waals surface area contributed by atoms with Crippen LogP contribution in [-0.4, -0.2) is 6.61 Å². The van der Waals surface area contributed by atoms with Gasteiger partial charge in [0.2, 0.25) is 0 Å². The third kappa shape index (κ3) is 2.74. The van der Waals surface area contributed by atoms with Crippen molar-refractivity contribution in [1.29, 1.82) is 0 Å². The number of rotatable bonds is 2. The van der Waals surface area contributed by atoms with Gasteiger partial charge in [-0.3, -0.25) is 0 Å². The van der Waals surface area contributed by atoms with Gasteiger partial charge < -0.3 is 4.74 Å². The van der Waals surface area contributed by atoms with E-state index in [1.54, 1.807) is 0 Å². The summed E-state index contributed by atoms with van der Waals surface area (Å²) in [5, 5.41) is 1.12. The average molecular weight is 437 g/mol. The molecule has 0 fully saturated rings. The molecule has 104 valence electrons. The number of ether oxygens (including phenoxy) is 1. The van der Waals surface area contributed by atoms with Gasteiger partial charge in [-0.2, -0.15) is 0 Å². The first-order valence-electron chi connectivity index (χ1n) is 6.10. The maximum Gasteiger partial charge on any atom is 0.127 e. The summed E-state index contributed by atoms with van der Waals surface area (Å²) in [6.07, 6.45) is 0.947. The minimum Gasteiger partial charge on any atom is -0.493 e. The molecule has 3 rings (SSSR count). The van der Waals surface area contributed by atoms with Gasteiger partial charge in [-0.1, -0.05) is 61.1 Å². The van der Waals surface area contributed by atoms with Crippen LogP contribution in [0.2, 0.25) is 10.0 Å². The molecule has 1 aliphatic heterocycles. The standard InChI is InChI=1S/C15H10Br2Cl2O/c16-10-5-9-3-4-20-15(9)11(7-10)14(17)8-1-2-12(18)13(19)6-8/h1-2,5-7,14H,3-4H2. The van der Waals surface area contributed by atoms with Crippen LogP contribution >= 0.6 is 55.1 Å². The van der Waals surface area contributed by atoms with Crippen LogP contribution in [0.15, 0.2) is 34.8 Å². The number of alkyl halides is 1. The Kier molecular flexibility index (Phi) is 4.32. The fourth-order valence-corrected chi connectivity index (χ4v) is 3.79. The van der Waals surface area contributed by atoms with Crippen LogP contribution in [0.4, 0.5) is 0 Å². The first-order valence-corrected chi connectivity index (χ1v) is 8.57. The summed E-state index contributed by atoms with van der Waals surface area (Å²) in [6, 6.07) is 9.85. The van der Waals surface area contributed by atoms with Gasteiger partial charge >= 0.3 is 0 Å². The van der Waals surface area contributed by atoms with Crippen LogP contribution in [0, 0.1) is 0 Å². The number of benzene rings is 2. The second-order valence-electron chi connectivity index (χ2n) is 4.62. The Labute approximate surface area is 144 Å². The van der Waals surface area contributed by atoms with Crippen LogP contribution in [-0.2, 0) is 6.42 Å². The largest absolute Gasteiger partial charge is 0.493 e. The van der Waals surface area contributed by atoms with Crippen LogP contribution in [0.5, 0.6) is 5.75 Å². The van der Waals surface area contributed by atoms with Gasteiger partial charge in [0, 0.05) is 16.5 Å². The summed E-state index contributed by atoms with van der Waals surface area (Å²) >= 11 is 19.4. The third-order valence-corrected chi connectivity index (χ3v) is 5.51. The molecule has 2 aromatic rings. The summed E-state index contributed by atoms with van der Waals surface area (Å²) in [7, 11) is 0. The smallest absolute Gasteiger partial charge is 0.127 e. The van der Waals surface area contributed by atoms with Crippen molar-refractivity contribution in [2.24, 2.45) is 0 Å². The van der Waals surface area contributed by atoms with E-state index in [0.717, 1.165) is 34.4 Å². The molecule has 0 radical (unpaired) electrons. The molecule has 1 atom stereocenters. The van der Waals surface area contributed by atoms with Gasteiger partial charge in [-0.25, -0.2) is 0 Å². The maximum atomic E-state index is 6.10. The van der Waals surface area contributed by atoms with E-state index in [1.165, 1.54) is 5.56 Å². The number of fused-ring (bicyclic) bond motifs is 1. The molecule has 1 aliphatic rings. The monoisotopic (exact) mass is 434 g/mol. The SMILES string of the molecule is Clc1ccc(C(Br)c2cc(Br)cc3c2OCC3)cc1Cl. The highest BCUT2D eigenvalue weighted by atomic mass is 79.9. The molecule has 0 amide bonds. The van der Waals surface area contributed by atoms with E-state index < -0.39 is 0 Å². The predicted octanol–water partition coefficient (Wildman–Crippen LogP) is 6.18. The van der Waals surface area contributed by atoms with Gasteiger partial charge in [0.15, 0.2) is 0 Å². The van der Waals surface area contributed by atoms with Crippen molar-refractivity contribution < 1.29 is 4.74 Å². The zero-order chi connectivity index (χ0) is 14.3. The van der Waals surface area contributed by atoms with Crippen LogP contribution < -0.4 is 4.74 Å². The maximum absolute atomic E-state index is 6.10. The second kappa shape index (κ2) is 5.88. The number of hydrogen-bond acceptors (Lipinski definition) is 1. The van der Waals surface area contributed by atoms with Crippen molar-refractivity contribution in [1.82, 2.24) is 0 Å². The summed E-state index contributed by atoms with van der Waals surface area (Å²) < 4.78 is 6.83. The quantitative estimate of drug-likeness (QED) is 0.511. The topological polar surface area (TPSA) is 9.23 Å². The first kappa shape index (κ1) is 14.7. The molecule has 5 heteroatoms. The fourth-order valence-electron chi connectivity index (χ4n) is 2.34. The van der Waals surface area contributed by atoms with E-state index >= 15 is 0 Å². The van der Waals surface area contributed by atoms with Crippen LogP contribution in [0.3, 0.4) is 0 Å². The van der Waals surface area contributed by atoms with E-state index in [4.69, 9.17) is 27.9 Å². The van der Waals surface area contributed by atoms with E-state index in [2.05, 4.69) is 44.0 Å². The Balaban J connectivity index is 2.06. The molecule has 2 aromatic carbocycles. The normalized spacial score (nSPS) is 14.8. The molecular formula is C15H10Br2Cl2O. The van der Waals surface area contributed by atoms with Crippen LogP contribution in [0.25, 0.3) is 0 Å².